The van der Waals surface area contributed by atoms with Gasteiger partial charge in [-0.15, -0.1) is 0 Å². The summed E-state index contributed by atoms with van der Waals surface area (Å²) in [5, 5.41) is 9.24. The molecule has 0 aliphatic carbocycles. The van der Waals surface area contributed by atoms with E-state index in [2.05, 4.69) is 9.97 Å². The molecule has 0 saturated heterocycles. The molecule has 92 valence electrons. The second-order valence-corrected chi connectivity index (χ2v) is 6.45. The van der Waals surface area contributed by atoms with Crippen molar-refractivity contribution in [3.8, 4) is 0 Å². The Morgan fingerprint density at radius 3 is 2.06 bits per heavy atom. The molecule has 1 aromatic heterocycles. The molecule has 2 atom stereocenters. The van der Waals surface area contributed by atoms with E-state index in [0.717, 1.165) is 6.20 Å². The molecule has 9 nitrogen and oxygen atoms in total. The van der Waals surface area contributed by atoms with E-state index >= 15 is 0 Å². The highest BCUT2D eigenvalue weighted by Crippen LogP contribution is 2.60. The number of aromatic amines is 1. The zero-order chi connectivity index (χ0) is 12.6. The van der Waals surface area contributed by atoms with Gasteiger partial charge in [0.05, 0.1) is 0 Å². The Labute approximate surface area is 89.5 Å². The van der Waals surface area contributed by atoms with Crippen molar-refractivity contribution in [1.29, 1.82) is 0 Å². The lowest BCUT2D eigenvalue weighted by Crippen LogP contribution is -2.20. The molecule has 11 heteroatoms. The van der Waals surface area contributed by atoms with Crippen LogP contribution < -0.4 is 0 Å². The zero-order valence-corrected chi connectivity index (χ0v) is 9.49. The highest BCUT2D eigenvalue weighted by Gasteiger charge is 2.47. The van der Waals surface area contributed by atoms with Gasteiger partial charge in [-0.3, -0.25) is 9.13 Å². The van der Waals surface area contributed by atoms with Gasteiger partial charge in [-0.05, 0) is 0 Å². The largest absolute Gasteiger partial charge is 0.379 e. The van der Waals surface area contributed by atoms with Crippen molar-refractivity contribution in [1.82, 2.24) is 9.97 Å². The fourth-order valence-corrected chi connectivity index (χ4v) is 3.46. The molecule has 0 radical (unpaired) electrons. The summed E-state index contributed by atoms with van der Waals surface area (Å²) in [6.07, 6.45) is 2.36. The Morgan fingerprint density at radius 2 is 1.75 bits per heavy atom. The zero-order valence-electron chi connectivity index (χ0n) is 7.70. The van der Waals surface area contributed by atoms with Crippen LogP contribution in [0.2, 0.25) is 0 Å². The minimum atomic E-state index is -5.05. The average molecular weight is 272 g/mol. The van der Waals surface area contributed by atoms with Crippen molar-refractivity contribution in [3.63, 3.8) is 0 Å². The first-order valence-corrected chi connectivity index (χ1v) is 7.28. The molecule has 0 amide bonds. The predicted octanol–water partition coefficient (Wildman–Crippen LogP) is -0.875. The minimum absolute atomic E-state index is 0.385. The van der Waals surface area contributed by atoms with Crippen LogP contribution in [0.5, 0.6) is 0 Å². The Balaban J connectivity index is 3.18. The van der Waals surface area contributed by atoms with Crippen LogP contribution in [0.15, 0.2) is 12.4 Å². The maximum Gasteiger partial charge on any atom is 0.355 e. The lowest BCUT2D eigenvalue weighted by Gasteiger charge is -2.22. The average Bonchev–Trinajstić information content (AvgIpc) is 2.52. The van der Waals surface area contributed by atoms with Gasteiger partial charge in [0.25, 0.3) is 0 Å². The third-order valence-corrected chi connectivity index (χ3v) is 4.26. The maximum atomic E-state index is 11.0. The molecule has 6 N–H and O–H groups in total. The van der Waals surface area contributed by atoms with E-state index in [1.165, 1.54) is 6.20 Å². The molecule has 0 spiro atoms. The van der Waals surface area contributed by atoms with E-state index in [1.807, 2.05) is 0 Å². The first kappa shape index (κ1) is 13.5. The Morgan fingerprint density at radius 1 is 1.19 bits per heavy atom. The van der Waals surface area contributed by atoms with Crippen molar-refractivity contribution >= 4 is 15.2 Å². The van der Waals surface area contributed by atoms with Crippen LogP contribution >= 0.6 is 15.2 Å². The number of rotatable bonds is 4. The smallest absolute Gasteiger partial charge is 0.355 e. The first-order chi connectivity index (χ1) is 7.14. The molecular weight excluding hydrogens is 262 g/mol. The summed E-state index contributed by atoms with van der Waals surface area (Å²) in [4.78, 5) is 41.0. The normalized spacial score (nSPS) is 17.1. The quantitative estimate of drug-likeness (QED) is 0.385. The fraction of sp³-hybridized carbons (Fsp3) is 0.400. The third-order valence-electron chi connectivity index (χ3n) is 1.79. The van der Waals surface area contributed by atoms with Crippen molar-refractivity contribution in [2.45, 2.75) is 11.5 Å². The Kier molecular flexibility index (Phi) is 3.71. The van der Waals surface area contributed by atoms with Crippen LogP contribution in [0.1, 0.15) is 11.5 Å². The summed E-state index contributed by atoms with van der Waals surface area (Å²) in [7, 11) is -10.0. The molecule has 0 bridgehead atoms. The highest BCUT2D eigenvalue weighted by molar-refractivity contribution is 7.56. The summed E-state index contributed by atoms with van der Waals surface area (Å²) in [5.74, 6) is -2.90. The Bertz CT molecular complexity index is 434. The van der Waals surface area contributed by atoms with Crippen LogP contribution in [-0.2, 0) is 9.13 Å². The number of aliphatic hydroxyl groups is 1. The van der Waals surface area contributed by atoms with Gasteiger partial charge in [0.1, 0.15) is 5.82 Å². The summed E-state index contributed by atoms with van der Waals surface area (Å²) in [6.45, 7) is 0. The van der Waals surface area contributed by atoms with Gasteiger partial charge in [-0.25, -0.2) is 4.98 Å². The summed E-state index contributed by atoms with van der Waals surface area (Å²) in [5.41, 5.74) is -2.08. The monoisotopic (exact) mass is 272 g/mol. The van der Waals surface area contributed by atoms with Crippen molar-refractivity contribution < 1.29 is 33.8 Å². The standard InChI is InChI=1S/C5H10N2O7P2/c8-5(16(12,13)14)3(15(9,10)11)4-6-1-2-7-4/h1-3,5,8H,(H,6,7)(H2,9,10,11)(H2,12,13,14). The number of imidazole rings is 1. The SMILES string of the molecule is O=P(O)(O)C(O)C(c1ncc[nH]1)P(=O)(O)O. The van der Waals surface area contributed by atoms with Crippen molar-refractivity contribution in [3.05, 3.63) is 18.2 Å². The number of nitrogens with zero attached hydrogens (tertiary/aromatic N) is 1. The van der Waals surface area contributed by atoms with E-state index in [1.54, 1.807) is 0 Å². The van der Waals surface area contributed by atoms with Crippen LogP contribution in [-0.4, -0.2) is 40.5 Å². The topological polar surface area (TPSA) is 164 Å². The lowest BCUT2D eigenvalue weighted by molar-refractivity contribution is 0.182. The van der Waals surface area contributed by atoms with Gasteiger partial charge >= 0.3 is 15.2 Å². The van der Waals surface area contributed by atoms with E-state index in [0.29, 0.717) is 0 Å². The lowest BCUT2D eigenvalue weighted by atomic mass is 10.4. The summed E-state index contributed by atoms with van der Waals surface area (Å²) < 4.78 is 21.8. The highest BCUT2D eigenvalue weighted by atomic mass is 31.2. The minimum Gasteiger partial charge on any atom is -0.379 e. The molecule has 0 saturated carbocycles. The van der Waals surface area contributed by atoms with Crippen molar-refractivity contribution in [2.24, 2.45) is 0 Å². The van der Waals surface area contributed by atoms with Crippen LogP contribution in [0.25, 0.3) is 0 Å². The van der Waals surface area contributed by atoms with Gasteiger partial charge in [0.2, 0.25) is 0 Å². The van der Waals surface area contributed by atoms with Gasteiger partial charge in [-0.1, -0.05) is 0 Å². The number of nitrogens with one attached hydrogen (secondary N) is 1. The van der Waals surface area contributed by atoms with Crippen LogP contribution in [0.3, 0.4) is 0 Å². The van der Waals surface area contributed by atoms with E-state index in [9.17, 15) is 14.2 Å². The van der Waals surface area contributed by atoms with E-state index in [-0.39, 0.29) is 5.82 Å². The van der Waals surface area contributed by atoms with Gasteiger partial charge in [0.15, 0.2) is 11.5 Å². The Hall–Kier alpha value is -0.530. The summed E-state index contributed by atoms with van der Waals surface area (Å²) in [6, 6.07) is 0. The predicted molar refractivity (Wildman–Crippen MR) is 51.4 cm³/mol. The number of hydrogen-bond donors (Lipinski definition) is 6. The van der Waals surface area contributed by atoms with Gasteiger partial charge < -0.3 is 29.7 Å². The molecular formula is C5H10N2O7P2. The number of aliphatic hydroxyl groups excluding tert-OH is 1. The van der Waals surface area contributed by atoms with E-state index in [4.69, 9.17) is 19.6 Å². The molecule has 1 rings (SSSR count). The molecule has 0 aliphatic heterocycles. The fourth-order valence-electron chi connectivity index (χ4n) is 1.10. The van der Waals surface area contributed by atoms with Crippen LogP contribution in [0.4, 0.5) is 0 Å². The first-order valence-electron chi connectivity index (χ1n) is 3.92. The molecule has 16 heavy (non-hydrogen) atoms. The summed E-state index contributed by atoms with van der Waals surface area (Å²) >= 11 is 0. The molecule has 0 aliphatic rings. The second-order valence-electron chi connectivity index (χ2n) is 3.01. The number of H-pyrrole nitrogens is 1. The molecule has 0 fully saturated rings. The number of aromatic nitrogens is 2. The second kappa shape index (κ2) is 4.38. The number of hydrogen-bond acceptors (Lipinski definition) is 4. The molecule has 1 aromatic rings. The van der Waals surface area contributed by atoms with E-state index < -0.39 is 26.7 Å². The maximum absolute atomic E-state index is 11.0. The molecule has 2 unspecified atom stereocenters. The third kappa shape index (κ3) is 2.99. The van der Waals surface area contributed by atoms with Crippen LogP contribution in [0, 0.1) is 0 Å². The van der Waals surface area contributed by atoms with Gasteiger partial charge in [0, 0.05) is 12.4 Å². The van der Waals surface area contributed by atoms with Crippen molar-refractivity contribution in [2.75, 3.05) is 0 Å². The molecule has 0 aromatic carbocycles. The van der Waals surface area contributed by atoms with Gasteiger partial charge in [-0.2, -0.15) is 0 Å². The molecule has 1 heterocycles.